The van der Waals surface area contributed by atoms with Gasteiger partial charge in [0, 0.05) is 28.5 Å². The Bertz CT molecular complexity index is 1050. The molecule has 2 heterocycles. The van der Waals surface area contributed by atoms with Gasteiger partial charge in [-0.25, -0.2) is 0 Å². The maximum absolute atomic E-state index is 6.12. The highest BCUT2D eigenvalue weighted by Gasteiger charge is 2.17. The average Bonchev–Trinajstić information content (AvgIpc) is 3.33. The molecular weight excluding hydrogens is 402 g/mol. The molecule has 4 aromatic rings. The number of aromatic nitrogens is 5. The maximum Gasteiger partial charge on any atom is 0.196 e. The van der Waals surface area contributed by atoms with Crippen LogP contribution in [0.4, 0.5) is 0 Å². The zero-order chi connectivity index (χ0) is 18.6. The summed E-state index contributed by atoms with van der Waals surface area (Å²) in [6.07, 6.45) is 0. The molecule has 27 heavy (non-hydrogen) atoms. The summed E-state index contributed by atoms with van der Waals surface area (Å²) in [5.41, 5.74) is 2.65. The molecule has 0 fully saturated rings. The van der Waals surface area contributed by atoms with Gasteiger partial charge in [0.2, 0.25) is 0 Å². The summed E-state index contributed by atoms with van der Waals surface area (Å²) in [6.45, 7) is 0. The van der Waals surface area contributed by atoms with Crippen LogP contribution < -0.4 is 4.74 Å². The molecule has 0 saturated heterocycles. The summed E-state index contributed by atoms with van der Waals surface area (Å²) in [5.74, 6) is 2.08. The Hall–Kier alpha value is -2.42. The first-order valence-corrected chi connectivity index (χ1v) is 10.1. The molecule has 0 bridgehead atoms. The molecule has 0 N–H and O–H groups in total. The van der Waals surface area contributed by atoms with E-state index in [9.17, 15) is 0 Å². The van der Waals surface area contributed by atoms with Crippen molar-refractivity contribution in [3.05, 3.63) is 64.6 Å². The number of rotatable bonds is 6. The number of nitrogens with zero attached hydrogens (tertiary/aromatic N) is 5. The Morgan fingerprint density at radius 1 is 1.07 bits per heavy atom. The van der Waals surface area contributed by atoms with Gasteiger partial charge in [-0.2, -0.15) is 0 Å². The molecule has 136 valence electrons. The quantitative estimate of drug-likeness (QED) is 0.424. The van der Waals surface area contributed by atoms with E-state index in [1.807, 2.05) is 59.2 Å². The van der Waals surface area contributed by atoms with E-state index in [0.29, 0.717) is 10.1 Å². The van der Waals surface area contributed by atoms with Crippen LogP contribution in [0.15, 0.2) is 59.8 Å². The lowest BCUT2D eigenvalue weighted by molar-refractivity contribution is 0.415. The summed E-state index contributed by atoms with van der Waals surface area (Å²) >= 11 is 8.82. The lowest BCUT2D eigenvalue weighted by Gasteiger charge is -2.10. The minimum absolute atomic E-state index is 0.568. The average molecular weight is 416 g/mol. The maximum atomic E-state index is 6.12. The number of halogens is 1. The van der Waals surface area contributed by atoms with Gasteiger partial charge < -0.3 is 4.74 Å². The molecular formula is C18H14ClN5OS2. The second kappa shape index (κ2) is 8.08. The molecule has 2 aromatic carbocycles. The third kappa shape index (κ3) is 3.83. The minimum Gasteiger partial charge on any atom is -0.497 e. The van der Waals surface area contributed by atoms with Crippen LogP contribution in [0.1, 0.15) is 5.69 Å². The first-order chi connectivity index (χ1) is 13.3. The van der Waals surface area contributed by atoms with E-state index < -0.39 is 0 Å². The van der Waals surface area contributed by atoms with E-state index in [1.54, 1.807) is 7.11 Å². The lowest BCUT2D eigenvalue weighted by atomic mass is 10.2. The Balaban J connectivity index is 1.75. The number of benzene rings is 2. The van der Waals surface area contributed by atoms with E-state index in [0.717, 1.165) is 33.7 Å². The molecule has 6 nitrogen and oxygen atoms in total. The summed E-state index contributed by atoms with van der Waals surface area (Å²) < 4.78 is 11.8. The van der Waals surface area contributed by atoms with Crippen LogP contribution >= 0.6 is 34.9 Å². The molecule has 0 saturated carbocycles. The highest BCUT2D eigenvalue weighted by Crippen LogP contribution is 2.32. The highest BCUT2D eigenvalue weighted by molar-refractivity contribution is 7.98. The van der Waals surface area contributed by atoms with Crippen molar-refractivity contribution in [2.75, 3.05) is 7.11 Å². The number of methoxy groups -OCH3 is 1. The number of para-hydroxylation sites is 1. The van der Waals surface area contributed by atoms with Crippen molar-refractivity contribution in [1.29, 1.82) is 0 Å². The highest BCUT2D eigenvalue weighted by atomic mass is 35.5. The van der Waals surface area contributed by atoms with Gasteiger partial charge >= 0.3 is 0 Å². The van der Waals surface area contributed by atoms with Crippen LogP contribution in [-0.4, -0.2) is 31.5 Å². The van der Waals surface area contributed by atoms with Crippen molar-refractivity contribution in [3.63, 3.8) is 0 Å². The van der Waals surface area contributed by atoms with Gasteiger partial charge in [0.1, 0.15) is 15.8 Å². The molecule has 0 spiro atoms. The van der Waals surface area contributed by atoms with Gasteiger partial charge in [-0.05, 0) is 24.3 Å². The summed E-state index contributed by atoms with van der Waals surface area (Å²) in [5, 5.41) is 13.6. The number of hydrogen-bond donors (Lipinski definition) is 0. The van der Waals surface area contributed by atoms with Crippen LogP contribution in [0.5, 0.6) is 5.75 Å². The topological polar surface area (TPSA) is 65.7 Å². The van der Waals surface area contributed by atoms with Crippen molar-refractivity contribution in [3.8, 4) is 22.8 Å². The second-order valence-corrected chi connectivity index (χ2v) is 7.79. The number of hydrogen-bond acceptors (Lipinski definition) is 7. The fourth-order valence-electron chi connectivity index (χ4n) is 2.54. The zero-order valence-electron chi connectivity index (χ0n) is 14.2. The molecule has 0 radical (unpaired) electrons. The molecule has 0 aliphatic carbocycles. The van der Waals surface area contributed by atoms with E-state index in [-0.39, 0.29) is 0 Å². The van der Waals surface area contributed by atoms with Crippen LogP contribution in [0.2, 0.25) is 4.34 Å². The smallest absolute Gasteiger partial charge is 0.196 e. The Morgan fingerprint density at radius 2 is 1.93 bits per heavy atom. The standard InChI is InChI=1S/C18H14ClN5OS2/c1-25-14-9-5-6-12(10-14)17-21-22-18(24(17)13-7-3-2-4-8-13)26-11-15-16(19)27-23-20-15/h2-10H,11H2,1H3. The van der Waals surface area contributed by atoms with Crippen molar-refractivity contribution in [1.82, 2.24) is 24.4 Å². The fraction of sp³-hybridized carbons (Fsp3) is 0.111. The summed E-state index contributed by atoms with van der Waals surface area (Å²) in [4.78, 5) is 0. The first-order valence-electron chi connectivity index (χ1n) is 8.01. The van der Waals surface area contributed by atoms with Gasteiger partial charge in [-0.15, -0.1) is 15.3 Å². The molecule has 4 rings (SSSR count). The predicted octanol–water partition coefficient (Wildman–Crippen LogP) is 4.74. The van der Waals surface area contributed by atoms with Crippen molar-refractivity contribution in [2.24, 2.45) is 0 Å². The van der Waals surface area contributed by atoms with E-state index >= 15 is 0 Å². The SMILES string of the molecule is COc1cccc(-c2nnc(SCc3nnsc3Cl)n2-c2ccccc2)c1. The molecule has 2 aromatic heterocycles. The van der Waals surface area contributed by atoms with E-state index in [2.05, 4.69) is 19.8 Å². The zero-order valence-corrected chi connectivity index (χ0v) is 16.6. The summed E-state index contributed by atoms with van der Waals surface area (Å²) in [7, 11) is 1.65. The Kier molecular flexibility index (Phi) is 5.38. The third-order valence-electron chi connectivity index (χ3n) is 3.82. The molecule has 0 amide bonds. The Morgan fingerprint density at radius 3 is 2.67 bits per heavy atom. The molecule has 9 heteroatoms. The van der Waals surface area contributed by atoms with Crippen molar-refractivity contribution < 1.29 is 4.74 Å². The molecule has 0 atom stereocenters. The molecule has 0 aliphatic heterocycles. The van der Waals surface area contributed by atoms with Gasteiger partial charge in [-0.3, -0.25) is 4.57 Å². The van der Waals surface area contributed by atoms with E-state index in [4.69, 9.17) is 16.3 Å². The van der Waals surface area contributed by atoms with Gasteiger partial charge in [0.05, 0.1) is 7.11 Å². The second-order valence-electron chi connectivity index (χ2n) is 5.49. The lowest BCUT2D eigenvalue weighted by Crippen LogP contribution is -2.00. The largest absolute Gasteiger partial charge is 0.497 e. The van der Waals surface area contributed by atoms with Crippen molar-refractivity contribution in [2.45, 2.75) is 10.9 Å². The van der Waals surface area contributed by atoms with Crippen LogP contribution in [0.25, 0.3) is 17.1 Å². The van der Waals surface area contributed by atoms with Crippen LogP contribution in [-0.2, 0) is 5.75 Å². The number of thioether (sulfide) groups is 1. The summed E-state index contributed by atoms with van der Waals surface area (Å²) in [6, 6.07) is 17.8. The van der Waals surface area contributed by atoms with Gasteiger partial charge in [0.25, 0.3) is 0 Å². The first kappa shape index (κ1) is 18.0. The molecule has 0 aliphatic rings. The molecule has 0 unspecified atom stereocenters. The third-order valence-corrected chi connectivity index (χ3v) is 5.75. The van der Waals surface area contributed by atoms with Gasteiger partial charge in [0.15, 0.2) is 11.0 Å². The Labute approximate surface area is 169 Å². The fourth-order valence-corrected chi connectivity index (χ4v) is 4.22. The monoisotopic (exact) mass is 415 g/mol. The van der Waals surface area contributed by atoms with E-state index in [1.165, 1.54) is 23.3 Å². The van der Waals surface area contributed by atoms with Crippen molar-refractivity contribution >= 4 is 34.9 Å². The number of ether oxygens (including phenoxy) is 1. The predicted molar refractivity (Wildman–Crippen MR) is 108 cm³/mol. The van der Waals surface area contributed by atoms with Crippen LogP contribution in [0, 0.1) is 0 Å². The van der Waals surface area contributed by atoms with Crippen LogP contribution in [0.3, 0.4) is 0 Å². The minimum atomic E-state index is 0.568. The normalized spacial score (nSPS) is 10.9. The van der Waals surface area contributed by atoms with Gasteiger partial charge in [-0.1, -0.05) is 58.2 Å².